The number of nitrogens with two attached hydrogens (primary N) is 1. The SMILES string of the molecule is N#CCN(CC#N)c1ncnc(Nc2ccc(Cl)cn2)c1N. The zero-order valence-electron chi connectivity index (χ0n) is 11.4. The van der Waals surface area contributed by atoms with Gasteiger partial charge in [0.15, 0.2) is 11.6 Å². The summed E-state index contributed by atoms with van der Waals surface area (Å²) in [6.45, 7) is -0.0131. The maximum atomic E-state index is 8.82. The number of halogens is 1. The van der Waals surface area contributed by atoms with Crippen LogP contribution in [0.1, 0.15) is 0 Å². The summed E-state index contributed by atoms with van der Waals surface area (Å²) in [6, 6.07) is 7.28. The summed E-state index contributed by atoms with van der Waals surface area (Å²) in [4.78, 5) is 13.6. The average Bonchev–Trinajstić information content (AvgIpc) is 2.51. The molecule has 3 N–H and O–H groups in total. The molecule has 0 amide bonds. The molecule has 0 fully saturated rings. The second-order valence-corrected chi connectivity index (χ2v) is 4.55. The van der Waals surface area contributed by atoms with Gasteiger partial charge in [0.25, 0.3) is 0 Å². The highest BCUT2D eigenvalue weighted by molar-refractivity contribution is 6.30. The predicted octanol–water partition coefficient (Wildman–Crippen LogP) is 1.70. The van der Waals surface area contributed by atoms with Crippen LogP contribution in [0.3, 0.4) is 0 Å². The highest BCUT2D eigenvalue weighted by Crippen LogP contribution is 2.27. The lowest BCUT2D eigenvalue weighted by Crippen LogP contribution is -2.26. The van der Waals surface area contributed by atoms with Gasteiger partial charge in [0.1, 0.15) is 30.9 Å². The third-order valence-corrected chi connectivity index (χ3v) is 2.88. The Morgan fingerprint density at radius 1 is 1.18 bits per heavy atom. The molecular weight excluding hydrogens is 304 g/mol. The van der Waals surface area contributed by atoms with Crippen molar-refractivity contribution in [3.63, 3.8) is 0 Å². The van der Waals surface area contributed by atoms with Crippen LogP contribution in [0.25, 0.3) is 0 Å². The van der Waals surface area contributed by atoms with Crippen LogP contribution in [-0.4, -0.2) is 28.0 Å². The van der Waals surface area contributed by atoms with Crippen molar-refractivity contribution in [1.29, 1.82) is 10.5 Å². The van der Waals surface area contributed by atoms with Gasteiger partial charge in [-0.2, -0.15) is 10.5 Å². The van der Waals surface area contributed by atoms with E-state index in [0.29, 0.717) is 22.5 Å². The summed E-state index contributed by atoms with van der Waals surface area (Å²) in [5.41, 5.74) is 6.25. The summed E-state index contributed by atoms with van der Waals surface area (Å²) in [5.74, 6) is 1.16. The summed E-state index contributed by atoms with van der Waals surface area (Å²) >= 11 is 5.77. The molecule has 0 unspecified atom stereocenters. The highest BCUT2D eigenvalue weighted by Gasteiger charge is 2.15. The number of aromatic nitrogens is 3. The van der Waals surface area contributed by atoms with E-state index in [1.165, 1.54) is 17.4 Å². The molecule has 0 radical (unpaired) electrons. The van der Waals surface area contributed by atoms with E-state index in [0.717, 1.165) is 0 Å². The number of rotatable bonds is 5. The molecule has 0 aliphatic rings. The van der Waals surface area contributed by atoms with Gasteiger partial charge in [0.2, 0.25) is 0 Å². The number of anilines is 4. The van der Waals surface area contributed by atoms with Gasteiger partial charge in [0.05, 0.1) is 17.2 Å². The van der Waals surface area contributed by atoms with Gasteiger partial charge >= 0.3 is 0 Å². The smallest absolute Gasteiger partial charge is 0.160 e. The van der Waals surface area contributed by atoms with Crippen LogP contribution in [-0.2, 0) is 0 Å². The van der Waals surface area contributed by atoms with Crippen molar-refractivity contribution >= 4 is 34.7 Å². The third-order valence-electron chi connectivity index (χ3n) is 2.66. The minimum atomic E-state index is -0.00654. The largest absolute Gasteiger partial charge is 0.393 e. The van der Waals surface area contributed by atoms with Crippen molar-refractivity contribution in [3.8, 4) is 12.1 Å². The Morgan fingerprint density at radius 3 is 2.50 bits per heavy atom. The van der Waals surface area contributed by atoms with E-state index in [1.807, 2.05) is 12.1 Å². The fourth-order valence-corrected chi connectivity index (χ4v) is 1.80. The summed E-state index contributed by atoms with van der Waals surface area (Å²) in [6.07, 6.45) is 2.78. The van der Waals surface area contributed by atoms with Crippen molar-refractivity contribution < 1.29 is 0 Å². The summed E-state index contributed by atoms with van der Waals surface area (Å²) in [7, 11) is 0. The molecule has 0 aliphatic heterocycles. The molecule has 2 aromatic heterocycles. The van der Waals surface area contributed by atoms with Crippen molar-refractivity contribution in [2.75, 3.05) is 29.0 Å². The van der Waals surface area contributed by atoms with Crippen molar-refractivity contribution in [3.05, 3.63) is 29.7 Å². The Labute approximate surface area is 131 Å². The minimum absolute atomic E-state index is 0.00654. The molecule has 110 valence electrons. The Hall–Kier alpha value is -3.10. The molecular formula is C13H11ClN8. The number of hydrogen-bond acceptors (Lipinski definition) is 8. The van der Waals surface area contributed by atoms with Crippen molar-refractivity contribution in [2.24, 2.45) is 0 Å². The average molecular weight is 315 g/mol. The summed E-state index contributed by atoms with van der Waals surface area (Å²) in [5, 5.41) is 21.1. The summed E-state index contributed by atoms with van der Waals surface area (Å²) < 4.78 is 0. The van der Waals surface area contributed by atoms with Gasteiger partial charge in [-0.25, -0.2) is 15.0 Å². The lowest BCUT2D eigenvalue weighted by atomic mass is 10.3. The maximum absolute atomic E-state index is 8.82. The number of nitrogen functional groups attached to an aromatic ring is 1. The van der Waals surface area contributed by atoms with E-state index in [2.05, 4.69) is 20.3 Å². The van der Waals surface area contributed by atoms with E-state index >= 15 is 0 Å². The van der Waals surface area contributed by atoms with Crippen LogP contribution < -0.4 is 16.0 Å². The van der Waals surface area contributed by atoms with E-state index in [1.54, 1.807) is 12.1 Å². The number of nitriles is 2. The maximum Gasteiger partial charge on any atom is 0.160 e. The molecule has 0 saturated carbocycles. The first-order chi connectivity index (χ1) is 10.7. The monoisotopic (exact) mass is 314 g/mol. The molecule has 22 heavy (non-hydrogen) atoms. The first-order valence-electron chi connectivity index (χ1n) is 6.13. The molecule has 8 nitrogen and oxygen atoms in total. The highest BCUT2D eigenvalue weighted by atomic mass is 35.5. The molecule has 0 spiro atoms. The molecule has 0 atom stereocenters. The minimum Gasteiger partial charge on any atom is -0.393 e. The van der Waals surface area contributed by atoms with Crippen LogP contribution in [0, 0.1) is 22.7 Å². The zero-order valence-corrected chi connectivity index (χ0v) is 12.1. The van der Waals surface area contributed by atoms with E-state index in [4.69, 9.17) is 27.9 Å². The Morgan fingerprint density at radius 2 is 1.91 bits per heavy atom. The quantitative estimate of drug-likeness (QED) is 0.798. The van der Waals surface area contributed by atoms with Crippen LogP contribution in [0.15, 0.2) is 24.7 Å². The Bertz CT molecular complexity index is 715. The molecule has 9 heteroatoms. The molecule has 2 heterocycles. The van der Waals surface area contributed by atoms with Gasteiger partial charge in [-0.05, 0) is 12.1 Å². The predicted molar refractivity (Wildman–Crippen MR) is 82.4 cm³/mol. The van der Waals surface area contributed by atoms with Crippen LogP contribution >= 0.6 is 11.6 Å². The number of nitrogens with zero attached hydrogens (tertiary/aromatic N) is 6. The molecule has 0 saturated heterocycles. The van der Waals surface area contributed by atoms with Gasteiger partial charge < -0.3 is 16.0 Å². The fourth-order valence-electron chi connectivity index (χ4n) is 1.69. The Balaban J connectivity index is 2.30. The molecule has 2 aromatic rings. The van der Waals surface area contributed by atoms with E-state index in [9.17, 15) is 0 Å². The first kappa shape index (κ1) is 15.3. The lowest BCUT2D eigenvalue weighted by molar-refractivity contribution is 0.929. The molecule has 0 bridgehead atoms. The zero-order chi connectivity index (χ0) is 15.9. The molecule has 0 aromatic carbocycles. The van der Waals surface area contributed by atoms with Gasteiger partial charge in [-0.1, -0.05) is 11.6 Å². The molecule has 0 aliphatic carbocycles. The first-order valence-corrected chi connectivity index (χ1v) is 6.51. The topological polar surface area (TPSA) is 128 Å². The number of nitrogens with one attached hydrogen (secondary N) is 1. The van der Waals surface area contributed by atoms with E-state index < -0.39 is 0 Å². The van der Waals surface area contributed by atoms with Crippen molar-refractivity contribution in [1.82, 2.24) is 15.0 Å². The van der Waals surface area contributed by atoms with Crippen LogP contribution in [0.5, 0.6) is 0 Å². The van der Waals surface area contributed by atoms with E-state index in [-0.39, 0.29) is 18.8 Å². The van der Waals surface area contributed by atoms with Crippen LogP contribution in [0.2, 0.25) is 5.02 Å². The lowest BCUT2D eigenvalue weighted by Gasteiger charge is -2.19. The van der Waals surface area contributed by atoms with Crippen molar-refractivity contribution in [2.45, 2.75) is 0 Å². The number of pyridine rings is 1. The fraction of sp³-hybridized carbons (Fsp3) is 0.154. The standard InChI is InChI=1S/C13H11ClN8/c14-9-1-2-10(18-7-9)21-12-11(17)13(20-8-19-12)22(5-3-15)6-4-16/h1-2,7-8H,5-6,17H2,(H,18,19,20,21). The second-order valence-electron chi connectivity index (χ2n) is 4.12. The van der Waals surface area contributed by atoms with Gasteiger partial charge in [0, 0.05) is 6.20 Å². The normalized spacial score (nSPS) is 9.59. The van der Waals surface area contributed by atoms with Gasteiger partial charge in [-0.15, -0.1) is 0 Å². The number of hydrogen-bond donors (Lipinski definition) is 2. The van der Waals surface area contributed by atoms with Crippen LogP contribution in [0.4, 0.5) is 23.1 Å². The molecule has 2 rings (SSSR count). The second kappa shape index (κ2) is 7.07. The third kappa shape index (κ3) is 3.51. The Kier molecular flexibility index (Phi) is 4.91. The van der Waals surface area contributed by atoms with Gasteiger partial charge in [-0.3, -0.25) is 0 Å².